The molecule has 0 aromatic heterocycles. The largest absolute Gasteiger partial charge is 0.369 e. The molecule has 2 aliphatic rings. The molecule has 1 spiro atoms. The molecule has 0 saturated carbocycles. The standard InChI is InChI=1S/C18H28N3O/c1-4-5-9-20-21-11-8-18(21)17(22-12-10-19-18)16-7-6-14(2)15(3)13-16/h6-7,13,17,20H,4-5,8-12H2,1-3H3. The van der Waals surface area contributed by atoms with Crippen LogP contribution in [0.2, 0.25) is 0 Å². The SMILES string of the molecule is CCCCNN1CCC12[N]CCOC2c1ccc(C)c(C)c1. The Morgan fingerprint density at radius 3 is 2.91 bits per heavy atom. The number of hydrogen-bond donors (Lipinski definition) is 1. The first-order valence-electron chi connectivity index (χ1n) is 8.56. The highest BCUT2D eigenvalue weighted by atomic mass is 16.5. The van der Waals surface area contributed by atoms with Gasteiger partial charge in [0.15, 0.2) is 0 Å². The lowest BCUT2D eigenvalue weighted by Gasteiger charge is -2.57. The van der Waals surface area contributed by atoms with Crippen molar-refractivity contribution in [3.05, 3.63) is 34.9 Å². The van der Waals surface area contributed by atoms with Crippen molar-refractivity contribution in [3.63, 3.8) is 0 Å². The average Bonchev–Trinajstić information content (AvgIpc) is 2.53. The van der Waals surface area contributed by atoms with E-state index in [1.54, 1.807) is 0 Å². The Morgan fingerprint density at radius 1 is 1.36 bits per heavy atom. The zero-order chi connectivity index (χ0) is 15.6. The molecule has 0 amide bonds. The number of aryl methyl sites for hydroxylation is 2. The van der Waals surface area contributed by atoms with Crippen molar-refractivity contribution < 1.29 is 4.74 Å². The first-order valence-corrected chi connectivity index (χ1v) is 8.56. The minimum atomic E-state index is -0.201. The summed E-state index contributed by atoms with van der Waals surface area (Å²) < 4.78 is 6.18. The van der Waals surface area contributed by atoms with E-state index in [4.69, 9.17) is 10.1 Å². The van der Waals surface area contributed by atoms with E-state index in [1.165, 1.54) is 29.5 Å². The van der Waals surface area contributed by atoms with E-state index in [-0.39, 0.29) is 11.8 Å². The molecule has 2 aliphatic heterocycles. The van der Waals surface area contributed by atoms with Crippen molar-refractivity contribution in [2.75, 3.05) is 26.2 Å². The fraction of sp³-hybridized carbons (Fsp3) is 0.667. The fourth-order valence-electron chi connectivity index (χ4n) is 3.41. The lowest BCUT2D eigenvalue weighted by atomic mass is 9.84. The Morgan fingerprint density at radius 2 is 2.23 bits per heavy atom. The number of nitrogens with one attached hydrogen (secondary N) is 1. The van der Waals surface area contributed by atoms with E-state index >= 15 is 0 Å². The van der Waals surface area contributed by atoms with Gasteiger partial charge in [0.25, 0.3) is 0 Å². The first kappa shape index (κ1) is 15.9. The van der Waals surface area contributed by atoms with Crippen LogP contribution in [-0.4, -0.2) is 36.9 Å². The third-order valence-electron chi connectivity index (χ3n) is 5.02. The number of unbranched alkanes of at least 4 members (excludes halogenated alkanes) is 1. The number of morpholine rings is 1. The van der Waals surface area contributed by atoms with Crippen LogP contribution in [0.3, 0.4) is 0 Å². The van der Waals surface area contributed by atoms with Gasteiger partial charge in [0.2, 0.25) is 0 Å². The van der Waals surface area contributed by atoms with Crippen molar-refractivity contribution in [2.45, 2.75) is 51.8 Å². The van der Waals surface area contributed by atoms with E-state index in [9.17, 15) is 0 Å². The maximum Gasteiger partial charge on any atom is 0.132 e. The van der Waals surface area contributed by atoms with Gasteiger partial charge < -0.3 is 4.74 Å². The smallest absolute Gasteiger partial charge is 0.132 e. The van der Waals surface area contributed by atoms with Crippen molar-refractivity contribution in [3.8, 4) is 0 Å². The predicted octanol–water partition coefficient (Wildman–Crippen LogP) is 2.69. The molecule has 121 valence electrons. The highest BCUT2D eigenvalue weighted by Crippen LogP contribution is 2.43. The summed E-state index contributed by atoms with van der Waals surface area (Å²) in [5.41, 5.74) is 7.28. The number of hydrazine groups is 1. The third kappa shape index (κ3) is 2.81. The molecule has 2 saturated heterocycles. The molecule has 4 nitrogen and oxygen atoms in total. The normalized spacial score (nSPS) is 28.8. The highest BCUT2D eigenvalue weighted by molar-refractivity contribution is 5.33. The van der Waals surface area contributed by atoms with Crippen molar-refractivity contribution >= 4 is 0 Å². The molecule has 2 heterocycles. The Balaban J connectivity index is 1.80. The van der Waals surface area contributed by atoms with Gasteiger partial charge in [-0.1, -0.05) is 31.5 Å². The molecule has 22 heavy (non-hydrogen) atoms. The summed E-state index contributed by atoms with van der Waals surface area (Å²) in [6, 6.07) is 6.67. The summed E-state index contributed by atoms with van der Waals surface area (Å²) in [5.74, 6) is 0. The van der Waals surface area contributed by atoms with Gasteiger partial charge in [-0.3, -0.25) is 5.43 Å². The zero-order valence-corrected chi connectivity index (χ0v) is 14.1. The average molecular weight is 302 g/mol. The molecule has 2 atom stereocenters. The van der Waals surface area contributed by atoms with Crippen LogP contribution in [0.1, 0.15) is 49.0 Å². The van der Waals surface area contributed by atoms with Gasteiger partial charge in [0, 0.05) is 19.6 Å². The van der Waals surface area contributed by atoms with Crippen LogP contribution in [0.5, 0.6) is 0 Å². The van der Waals surface area contributed by atoms with E-state index < -0.39 is 0 Å². The third-order valence-corrected chi connectivity index (χ3v) is 5.02. The maximum atomic E-state index is 6.18. The first-order chi connectivity index (χ1) is 10.7. The van der Waals surface area contributed by atoms with Gasteiger partial charge >= 0.3 is 0 Å². The lowest BCUT2D eigenvalue weighted by molar-refractivity contribution is -0.198. The van der Waals surface area contributed by atoms with E-state index in [2.05, 4.69) is 49.4 Å². The summed E-state index contributed by atoms with van der Waals surface area (Å²) in [7, 11) is 0. The molecule has 1 aromatic carbocycles. The summed E-state index contributed by atoms with van der Waals surface area (Å²) in [6.45, 7) is 10.1. The minimum Gasteiger partial charge on any atom is -0.369 e. The Labute approximate surface area is 134 Å². The molecule has 1 radical (unpaired) electrons. The zero-order valence-electron chi connectivity index (χ0n) is 14.1. The number of nitrogens with zero attached hydrogens (tertiary/aromatic N) is 2. The molecular weight excluding hydrogens is 274 g/mol. The van der Waals surface area contributed by atoms with E-state index in [0.29, 0.717) is 0 Å². The lowest BCUT2D eigenvalue weighted by Crippen LogP contribution is -2.74. The Bertz CT molecular complexity index is 519. The number of benzene rings is 1. The van der Waals surface area contributed by atoms with Crippen molar-refractivity contribution in [2.24, 2.45) is 0 Å². The monoisotopic (exact) mass is 302 g/mol. The van der Waals surface area contributed by atoms with Gasteiger partial charge in [-0.15, -0.1) is 0 Å². The number of hydrogen-bond acceptors (Lipinski definition) is 3. The summed E-state index contributed by atoms with van der Waals surface area (Å²) >= 11 is 0. The fourth-order valence-corrected chi connectivity index (χ4v) is 3.41. The highest BCUT2D eigenvalue weighted by Gasteiger charge is 2.54. The quantitative estimate of drug-likeness (QED) is 0.850. The van der Waals surface area contributed by atoms with E-state index in [0.717, 1.165) is 32.7 Å². The van der Waals surface area contributed by atoms with Gasteiger partial charge in [0.1, 0.15) is 11.8 Å². The van der Waals surface area contributed by atoms with Crippen LogP contribution < -0.4 is 10.7 Å². The predicted molar refractivity (Wildman–Crippen MR) is 88.6 cm³/mol. The number of ether oxygens (including phenoxy) is 1. The van der Waals surface area contributed by atoms with E-state index in [1.807, 2.05) is 0 Å². The molecule has 2 unspecified atom stereocenters. The Hall–Kier alpha value is -0.940. The van der Waals surface area contributed by atoms with Gasteiger partial charge in [0.05, 0.1) is 6.61 Å². The van der Waals surface area contributed by atoms with Crippen LogP contribution in [0.15, 0.2) is 18.2 Å². The maximum absolute atomic E-state index is 6.18. The van der Waals surface area contributed by atoms with Crippen LogP contribution in [0.4, 0.5) is 0 Å². The van der Waals surface area contributed by atoms with Crippen LogP contribution >= 0.6 is 0 Å². The molecule has 1 aromatic rings. The van der Waals surface area contributed by atoms with Crippen molar-refractivity contribution in [1.29, 1.82) is 0 Å². The van der Waals surface area contributed by atoms with Crippen LogP contribution in [-0.2, 0) is 4.74 Å². The second-order valence-corrected chi connectivity index (χ2v) is 6.52. The van der Waals surface area contributed by atoms with Crippen LogP contribution in [0, 0.1) is 13.8 Å². The second kappa shape index (κ2) is 6.67. The van der Waals surface area contributed by atoms with Gasteiger partial charge in [-0.05, 0) is 43.4 Å². The number of rotatable bonds is 5. The summed E-state index contributed by atoms with van der Waals surface area (Å²) in [5, 5.41) is 7.28. The summed E-state index contributed by atoms with van der Waals surface area (Å²) in [4.78, 5) is 0. The molecule has 2 fully saturated rings. The molecular formula is C18H28N3O. The molecule has 0 aliphatic carbocycles. The molecule has 4 heteroatoms. The van der Waals surface area contributed by atoms with Crippen molar-refractivity contribution in [1.82, 2.24) is 15.8 Å². The second-order valence-electron chi connectivity index (χ2n) is 6.52. The topological polar surface area (TPSA) is 38.6 Å². The van der Waals surface area contributed by atoms with Gasteiger partial charge in [-0.25, -0.2) is 10.3 Å². The van der Waals surface area contributed by atoms with Crippen LogP contribution in [0.25, 0.3) is 0 Å². The molecule has 1 N–H and O–H groups in total. The van der Waals surface area contributed by atoms with Gasteiger partial charge in [-0.2, -0.15) is 0 Å². The Kier molecular flexibility index (Phi) is 4.83. The minimum absolute atomic E-state index is 0.0448. The molecule has 3 rings (SSSR count). The summed E-state index contributed by atoms with van der Waals surface area (Å²) in [6.07, 6.45) is 3.52. The molecule has 0 bridgehead atoms.